The molecule has 0 radical (unpaired) electrons. The Kier molecular flexibility index (Phi) is 6.29. The summed E-state index contributed by atoms with van der Waals surface area (Å²) in [6.45, 7) is 5.89. The summed E-state index contributed by atoms with van der Waals surface area (Å²) in [7, 11) is -3.79. The van der Waals surface area contributed by atoms with E-state index in [9.17, 15) is 13.2 Å². The third-order valence-corrected chi connectivity index (χ3v) is 7.25. The van der Waals surface area contributed by atoms with Crippen molar-refractivity contribution in [1.29, 1.82) is 0 Å². The van der Waals surface area contributed by atoms with E-state index in [4.69, 9.17) is 9.47 Å². The number of para-hydroxylation sites is 2. The number of rotatable bonds is 6. The highest BCUT2D eigenvalue weighted by molar-refractivity contribution is 7.92. The van der Waals surface area contributed by atoms with Crippen molar-refractivity contribution < 1.29 is 22.7 Å². The Labute approximate surface area is 194 Å². The van der Waals surface area contributed by atoms with Gasteiger partial charge in [-0.1, -0.05) is 18.2 Å². The molecule has 3 aromatic carbocycles. The molecule has 1 unspecified atom stereocenters. The average molecular weight is 467 g/mol. The van der Waals surface area contributed by atoms with Gasteiger partial charge in [0.15, 0.2) is 6.61 Å². The molecule has 0 aromatic heterocycles. The first-order chi connectivity index (χ1) is 15.7. The molecule has 172 valence electrons. The highest BCUT2D eigenvalue weighted by atomic mass is 32.2. The maximum Gasteiger partial charge on any atom is 0.264 e. The van der Waals surface area contributed by atoms with Gasteiger partial charge in [0, 0.05) is 5.69 Å². The standard InChI is InChI=1S/C25H26N2O5S/c1-17-8-11-21(14-18(17)2)31-16-25(28)26-20-9-12-22(13-10-20)33(29,30)27-15-19(3)32-24-7-5-4-6-23(24)27/h4-14,19H,15-16H2,1-3H3,(H,26,28). The summed E-state index contributed by atoms with van der Waals surface area (Å²) in [5, 5.41) is 2.73. The fourth-order valence-electron chi connectivity index (χ4n) is 3.56. The zero-order chi connectivity index (χ0) is 23.6. The second-order valence-corrected chi connectivity index (χ2v) is 9.90. The number of nitrogens with one attached hydrogen (secondary N) is 1. The van der Waals surface area contributed by atoms with Crippen LogP contribution in [0.25, 0.3) is 0 Å². The van der Waals surface area contributed by atoms with Crippen molar-refractivity contribution in [3.8, 4) is 11.5 Å². The largest absolute Gasteiger partial charge is 0.487 e. The lowest BCUT2D eigenvalue weighted by atomic mass is 10.1. The van der Waals surface area contributed by atoms with Crippen LogP contribution in [-0.4, -0.2) is 33.6 Å². The van der Waals surface area contributed by atoms with Crippen LogP contribution in [0, 0.1) is 13.8 Å². The Morgan fingerprint density at radius 1 is 1.06 bits per heavy atom. The first-order valence-electron chi connectivity index (χ1n) is 10.6. The molecule has 1 heterocycles. The lowest BCUT2D eigenvalue weighted by Gasteiger charge is -2.34. The number of carbonyl (C=O) groups excluding carboxylic acids is 1. The van der Waals surface area contributed by atoms with E-state index in [-0.39, 0.29) is 30.1 Å². The van der Waals surface area contributed by atoms with Gasteiger partial charge in [0.05, 0.1) is 17.1 Å². The van der Waals surface area contributed by atoms with Crippen molar-refractivity contribution in [2.45, 2.75) is 31.8 Å². The molecule has 33 heavy (non-hydrogen) atoms. The molecule has 3 aromatic rings. The molecule has 0 fully saturated rings. The molecule has 0 saturated heterocycles. The Balaban J connectivity index is 1.43. The Morgan fingerprint density at radius 3 is 2.52 bits per heavy atom. The third kappa shape index (κ3) is 4.96. The first kappa shape index (κ1) is 22.7. The van der Waals surface area contributed by atoms with Crippen molar-refractivity contribution in [3.05, 3.63) is 77.9 Å². The number of ether oxygens (including phenoxy) is 2. The summed E-state index contributed by atoms with van der Waals surface area (Å²) in [6.07, 6.45) is -0.273. The van der Waals surface area contributed by atoms with Crippen LogP contribution >= 0.6 is 0 Å². The second kappa shape index (κ2) is 9.15. The molecule has 1 aliphatic heterocycles. The molecule has 1 amide bonds. The van der Waals surface area contributed by atoms with Crippen molar-refractivity contribution >= 4 is 27.3 Å². The van der Waals surface area contributed by atoms with Gasteiger partial charge in [-0.3, -0.25) is 9.10 Å². The summed E-state index contributed by atoms with van der Waals surface area (Å²) < 4.78 is 39.3. The van der Waals surface area contributed by atoms with Crippen LogP contribution in [0.3, 0.4) is 0 Å². The molecule has 1 N–H and O–H groups in total. The molecule has 1 atom stereocenters. The minimum absolute atomic E-state index is 0.135. The van der Waals surface area contributed by atoms with Crippen LogP contribution < -0.4 is 19.1 Å². The highest BCUT2D eigenvalue weighted by Gasteiger charge is 2.32. The topological polar surface area (TPSA) is 84.9 Å². The van der Waals surface area contributed by atoms with E-state index in [2.05, 4.69) is 5.32 Å². The quantitative estimate of drug-likeness (QED) is 0.586. The molecule has 7 nitrogen and oxygen atoms in total. The number of hydrogen-bond acceptors (Lipinski definition) is 5. The van der Waals surface area contributed by atoms with Gasteiger partial charge in [-0.2, -0.15) is 0 Å². The number of carbonyl (C=O) groups is 1. The lowest BCUT2D eigenvalue weighted by Crippen LogP contribution is -2.42. The summed E-state index contributed by atoms with van der Waals surface area (Å²) >= 11 is 0. The second-order valence-electron chi connectivity index (χ2n) is 8.04. The highest BCUT2D eigenvalue weighted by Crippen LogP contribution is 2.36. The zero-order valence-electron chi connectivity index (χ0n) is 18.7. The Hall–Kier alpha value is -3.52. The van der Waals surface area contributed by atoms with E-state index in [0.29, 0.717) is 22.9 Å². The maximum atomic E-state index is 13.3. The number of aryl methyl sites for hydroxylation is 2. The van der Waals surface area contributed by atoms with Crippen molar-refractivity contribution in [1.82, 2.24) is 0 Å². The molecule has 0 aliphatic carbocycles. The van der Waals surface area contributed by atoms with Gasteiger partial charge in [0.25, 0.3) is 15.9 Å². The molecule has 4 rings (SSSR count). The minimum Gasteiger partial charge on any atom is -0.487 e. The van der Waals surface area contributed by atoms with E-state index in [1.165, 1.54) is 16.4 Å². The number of nitrogens with zero attached hydrogens (tertiary/aromatic N) is 1. The van der Waals surface area contributed by atoms with Crippen LogP contribution in [0.1, 0.15) is 18.1 Å². The molecule has 0 bridgehead atoms. The predicted molar refractivity (Wildman–Crippen MR) is 128 cm³/mol. The Bertz CT molecular complexity index is 1270. The maximum absolute atomic E-state index is 13.3. The fourth-order valence-corrected chi connectivity index (χ4v) is 5.11. The number of sulfonamides is 1. The van der Waals surface area contributed by atoms with Crippen LogP contribution in [0.2, 0.25) is 0 Å². The normalized spacial score (nSPS) is 15.4. The molecule has 0 saturated carbocycles. The van der Waals surface area contributed by atoms with Crippen LogP contribution in [0.4, 0.5) is 11.4 Å². The molecule has 0 spiro atoms. The average Bonchev–Trinajstić information content (AvgIpc) is 2.79. The predicted octanol–water partition coefficient (Wildman–Crippen LogP) is 4.30. The third-order valence-electron chi connectivity index (χ3n) is 5.46. The van der Waals surface area contributed by atoms with E-state index >= 15 is 0 Å². The molecule has 8 heteroatoms. The van der Waals surface area contributed by atoms with E-state index in [0.717, 1.165) is 11.1 Å². The van der Waals surface area contributed by atoms with Gasteiger partial charge < -0.3 is 14.8 Å². The van der Waals surface area contributed by atoms with Gasteiger partial charge in [-0.25, -0.2) is 8.42 Å². The molecular weight excluding hydrogens is 440 g/mol. The monoisotopic (exact) mass is 466 g/mol. The van der Waals surface area contributed by atoms with Crippen LogP contribution in [0.15, 0.2) is 71.6 Å². The van der Waals surface area contributed by atoms with Gasteiger partial charge in [-0.15, -0.1) is 0 Å². The van der Waals surface area contributed by atoms with Gasteiger partial charge >= 0.3 is 0 Å². The number of benzene rings is 3. The smallest absolute Gasteiger partial charge is 0.264 e. The van der Waals surface area contributed by atoms with E-state index in [1.54, 1.807) is 30.3 Å². The van der Waals surface area contributed by atoms with Gasteiger partial charge in [0.1, 0.15) is 17.6 Å². The Morgan fingerprint density at radius 2 is 1.79 bits per heavy atom. The van der Waals surface area contributed by atoms with E-state index in [1.807, 2.05) is 45.0 Å². The summed E-state index contributed by atoms with van der Waals surface area (Å²) in [5.41, 5.74) is 3.23. The van der Waals surface area contributed by atoms with Gasteiger partial charge in [0.2, 0.25) is 0 Å². The zero-order valence-corrected chi connectivity index (χ0v) is 19.6. The SMILES string of the molecule is Cc1ccc(OCC(=O)Nc2ccc(S(=O)(=O)N3CC(C)Oc4ccccc43)cc2)cc1C. The number of hydrogen-bond donors (Lipinski definition) is 1. The number of fused-ring (bicyclic) bond motifs is 1. The van der Waals surface area contributed by atoms with Crippen LogP contribution in [0.5, 0.6) is 11.5 Å². The molecular formula is C25H26N2O5S. The number of anilines is 2. The van der Waals surface area contributed by atoms with Crippen molar-refractivity contribution in [2.75, 3.05) is 22.8 Å². The van der Waals surface area contributed by atoms with Gasteiger partial charge in [-0.05, 0) is 80.4 Å². The fraction of sp³-hybridized carbons (Fsp3) is 0.240. The first-order valence-corrected chi connectivity index (χ1v) is 12.1. The number of amides is 1. The summed E-state index contributed by atoms with van der Waals surface area (Å²) in [5.74, 6) is 0.821. The van der Waals surface area contributed by atoms with Crippen molar-refractivity contribution in [2.24, 2.45) is 0 Å². The van der Waals surface area contributed by atoms with E-state index < -0.39 is 10.0 Å². The lowest BCUT2D eigenvalue weighted by molar-refractivity contribution is -0.118. The molecule has 1 aliphatic rings. The summed E-state index contributed by atoms with van der Waals surface area (Å²) in [6, 6.07) is 18.8. The summed E-state index contributed by atoms with van der Waals surface area (Å²) in [4.78, 5) is 12.4. The van der Waals surface area contributed by atoms with Crippen molar-refractivity contribution in [3.63, 3.8) is 0 Å². The van der Waals surface area contributed by atoms with Crippen LogP contribution in [-0.2, 0) is 14.8 Å². The minimum atomic E-state index is -3.79.